The molecule has 10 aromatic rings. The summed E-state index contributed by atoms with van der Waals surface area (Å²) in [5.41, 5.74) is 17.7. The first-order valence-corrected chi connectivity index (χ1v) is 19.8. The van der Waals surface area contributed by atoms with Gasteiger partial charge in [0.05, 0.1) is 0 Å². The average molecular weight is 730 g/mol. The van der Waals surface area contributed by atoms with Crippen molar-refractivity contribution in [2.45, 2.75) is 19.3 Å². The van der Waals surface area contributed by atoms with E-state index in [-0.39, 0.29) is 5.41 Å². The van der Waals surface area contributed by atoms with Crippen LogP contribution in [0.5, 0.6) is 0 Å². The molecule has 0 spiro atoms. The van der Waals surface area contributed by atoms with Gasteiger partial charge in [-0.3, -0.25) is 0 Å². The molecule has 1 heterocycles. The summed E-state index contributed by atoms with van der Waals surface area (Å²) >= 11 is 0. The molecule has 0 fully saturated rings. The van der Waals surface area contributed by atoms with Crippen LogP contribution in [0.2, 0.25) is 0 Å². The van der Waals surface area contributed by atoms with Gasteiger partial charge in [0.1, 0.15) is 11.2 Å². The predicted molar refractivity (Wildman–Crippen MR) is 240 cm³/mol. The number of fused-ring (bicyclic) bond motifs is 8. The maximum atomic E-state index is 6.43. The molecule has 0 bridgehead atoms. The summed E-state index contributed by atoms with van der Waals surface area (Å²) in [6.45, 7) is 4.70. The van der Waals surface area contributed by atoms with Crippen LogP contribution in [0.3, 0.4) is 0 Å². The predicted octanol–water partition coefficient (Wildman–Crippen LogP) is 15.5. The van der Waals surface area contributed by atoms with E-state index in [0.29, 0.717) is 0 Å². The van der Waals surface area contributed by atoms with Crippen molar-refractivity contribution >= 4 is 49.8 Å². The summed E-state index contributed by atoms with van der Waals surface area (Å²) in [6, 6.07) is 72.6. The molecule has 0 saturated heterocycles. The number of para-hydroxylation sites is 1. The molecule has 0 atom stereocenters. The molecule has 1 aliphatic carbocycles. The maximum absolute atomic E-state index is 6.43. The van der Waals surface area contributed by atoms with Gasteiger partial charge in [0.2, 0.25) is 0 Å². The average Bonchev–Trinajstić information content (AvgIpc) is 3.77. The number of nitrogens with zero attached hydrogens (tertiary/aromatic N) is 1. The van der Waals surface area contributed by atoms with Crippen LogP contribution in [0.25, 0.3) is 77.2 Å². The van der Waals surface area contributed by atoms with E-state index in [4.69, 9.17) is 4.42 Å². The summed E-state index contributed by atoms with van der Waals surface area (Å²) in [5.74, 6) is 0. The number of benzene rings is 9. The fourth-order valence-corrected chi connectivity index (χ4v) is 9.15. The number of hydrogen-bond acceptors (Lipinski definition) is 2. The van der Waals surface area contributed by atoms with Crippen molar-refractivity contribution < 1.29 is 4.42 Å². The lowest BCUT2D eigenvalue weighted by atomic mass is 9.82. The van der Waals surface area contributed by atoms with Crippen molar-refractivity contribution in [3.8, 4) is 44.5 Å². The van der Waals surface area contributed by atoms with Gasteiger partial charge < -0.3 is 9.32 Å². The Kier molecular flexibility index (Phi) is 7.55. The molecule has 0 radical (unpaired) electrons. The van der Waals surface area contributed by atoms with E-state index >= 15 is 0 Å². The lowest BCUT2D eigenvalue weighted by Crippen LogP contribution is -2.16. The van der Waals surface area contributed by atoms with Gasteiger partial charge in [-0.1, -0.05) is 166 Å². The SMILES string of the molecule is CC1(C)c2ccccc2-c2ccc(N(c3ccc(-c4ccc(-c5ccccc5)cc4)cc3)c3ccc(-c4cccc5c4ccc4c6ccccc6oc54)cc3)cc21. The Bertz CT molecular complexity index is 3120. The third kappa shape index (κ3) is 5.40. The Morgan fingerprint density at radius 1 is 0.351 bits per heavy atom. The standard InChI is InChI=1S/C55H39NO/c1-55(2)51-17-8-6-13-46(51)47-32-31-43(35-52(47)55)56(41-27-23-39(24-28-41)38-21-19-37(20-22-38)36-11-4-3-5-12-36)42-29-25-40(26-30-42)44-15-10-16-49-45(44)33-34-50-48-14-7-9-18-53(48)57-54(49)50/h3-35H,1-2H3. The van der Waals surface area contributed by atoms with Gasteiger partial charge in [-0.25, -0.2) is 0 Å². The van der Waals surface area contributed by atoms with Crippen molar-refractivity contribution in [2.24, 2.45) is 0 Å². The zero-order chi connectivity index (χ0) is 38.1. The Hall–Kier alpha value is -7.16. The molecule has 57 heavy (non-hydrogen) atoms. The lowest BCUT2D eigenvalue weighted by molar-refractivity contribution is 0.660. The molecule has 270 valence electrons. The molecule has 2 nitrogen and oxygen atoms in total. The number of rotatable bonds is 6. The summed E-state index contributed by atoms with van der Waals surface area (Å²) < 4.78 is 6.43. The third-order valence-corrected chi connectivity index (χ3v) is 12.1. The van der Waals surface area contributed by atoms with Crippen molar-refractivity contribution in [1.82, 2.24) is 0 Å². The number of hydrogen-bond donors (Lipinski definition) is 0. The molecule has 2 heteroatoms. The van der Waals surface area contributed by atoms with Crippen molar-refractivity contribution in [1.29, 1.82) is 0 Å². The summed E-state index contributed by atoms with van der Waals surface area (Å²) in [4.78, 5) is 2.40. The van der Waals surface area contributed by atoms with Gasteiger partial charge in [0, 0.05) is 38.6 Å². The van der Waals surface area contributed by atoms with Crippen LogP contribution in [0.15, 0.2) is 205 Å². The molecule has 0 amide bonds. The minimum atomic E-state index is -0.104. The second-order valence-electron chi connectivity index (χ2n) is 15.7. The van der Waals surface area contributed by atoms with E-state index in [0.717, 1.165) is 44.4 Å². The molecule has 1 aliphatic rings. The Morgan fingerprint density at radius 3 is 1.60 bits per heavy atom. The number of anilines is 3. The largest absolute Gasteiger partial charge is 0.455 e. The molecule has 0 aliphatic heterocycles. The van der Waals surface area contributed by atoms with E-state index in [1.807, 2.05) is 12.1 Å². The van der Waals surface area contributed by atoms with Crippen molar-refractivity contribution in [2.75, 3.05) is 4.90 Å². The monoisotopic (exact) mass is 729 g/mol. The summed E-state index contributed by atoms with van der Waals surface area (Å²) in [6.07, 6.45) is 0. The minimum Gasteiger partial charge on any atom is -0.455 e. The molecular weight excluding hydrogens is 691 g/mol. The van der Waals surface area contributed by atoms with Crippen LogP contribution in [0.4, 0.5) is 17.1 Å². The fraction of sp³-hybridized carbons (Fsp3) is 0.0545. The molecule has 0 N–H and O–H groups in total. The fourth-order valence-electron chi connectivity index (χ4n) is 9.15. The topological polar surface area (TPSA) is 16.4 Å². The van der Waals surface area contributed by atoms with Gasteiger partial charge in [0.15, 0.2) is 0 Å². The second kappa shape index (κ2) is 13.0. The van der Waals surface area contributed by atoms with Crippen molar-refractivity contribution in [3.63, 3.8) is 0 Å². The normalized spacial score (nSPS) is 12.9. The highest BCUT2D eigenvalue weighted by Gasteiger charge is 2.35. The maximum Gasteiger partial charge on any atom is 0.143 e. The smallest absolute Gasteiger partial charge is 0.143 e. The second-order valence-corrected chi connectivity index (χ2v) is 15.7. The Labute approximate surface area is 332 Å². The Balaban J connectivity index is 0.993. The zero-order valence-corrected chi connectivity index (χ0v) is 31.9. The van der Waals surface area contributed by atoms with Gasteiger partial charge >= 0.3 is 0 Å². The van der Waals surface area contributed by atoms with E-state index < -0.39 is 0 Å². The molecule has 9 aromatic carbocycles. The first-order valence-electron chi connectivity index (χ1n) is 19.8. The molecule has 0 unspecified atom stereocenters. The van der Waals surface area contributed by atoms with Crippen molar-refractivity contribution in [3.05, 3.63) is 211 Å². The van der Waals surface area contributed by atoms with Crippen LogP contribution in [0, 0.1) is 0 Å². The third-order valence-electron chi connectivity index (χ3n) is 12.1. The van der Waals surface area contributed by atoms with Gasteiger partial charge in [-0.05, 0) is 110 Å². The van der Waals surface area contributed by atoms with E-state index in [2.05, 4.69) is 207 Å². The molecule has 1 aromatic heterocycles. The van der Waals surface area contributed by atoms with E-state index in [1.165, 1.54) is 61.0 Å². The van der Waals surface area contributed by atoms with Gasteiger partial charge in [-0.2, -0.15) is 0 Å². The quantitative estimate of drug-likeness (QED) is 0.169. The van der Waals surface area contributed by atoms with Crippen LogP contribution in [-0.4, -0.2) is 0 Å². The van der Waals surface area contributed by atoms with Gasteiger partial charge in [0.25, 0.3) is 0 Å². The lowest BCUT2D eigenvalue weighted by Gasteiger charge is -2.28. The molecule has 0 saturated carbocycles. The van der Waals surface area contributed by atoms with E-state index in [9.17, 15) is 0 Å². The highest BCUT2D eigenvalue weighted by molar-refractivity contribution is 6.17. The Morgan fingerprint density at radius 2 is 0.860 bits per heavy atom. The highest BCUT2D eigenvalue weighted by atomic mass is 16.3. The minimum absolute atomic E-state index is 0.104. The van der Waals surface area contributed by atoms with Crippen LogP contribution >= 0.6 is 0 Å². The van der Waals surface area contributed by atoms with E-state index in [1.54, 1.807) is 0 Å². The summed E-state index contributed by atoms with van der Waals surface area (Å²) in [7, 11) is 0. The first kappa shape index (κ1) is 33.2. The number of furan rings is 1. The van der Waals surface area contributed by atoms with Gasteiger partial charge in [-0.15, -0.1) is 0 Å². The molecule has 11 rings (SSSR count). The first-order chi connectivity index (χ1) is 28.0. The van der Waals surface area contributed by atoms with Crippen LogP contribution < -0.4 is 4.90 Å². The van der Waals surface area contributed by atoms with Crippen LogP contribution in [0.1, 0.15) is 25.0 Å². The zero-order valence-electron chi connectivity index (χ0n) is 31.9. The highest BCUT2D eigenvalue weighted by Crippen LogP contribution is 2.51. The summed E-state index contributed by atoms with van der Waals surface area (Å²) in [5, 5.41) is 4.61. The molecular formula is C55H39NO. The van der Waals surface area contributed by atoms with Crippen LogP contribution in [-0.2, 0) is 5.41 Å².